The molecular formula is C15H22N2O3. The fraction of sp³-hybridized carbons (Fsp3) is 0.533. The Morgan fingerprint density at radius 2 is 2.05 bits per heavy atom. The summed E-state index contributed by atoms with van der Waals surface area (Å²) in [6, 6.07) is 3.55. The third-order valence-electron chi connectivity index (χ3n) is 2.94. The number of hydrogen-bond acceptors (Lipinski definition) is 3. The third-order valence-corrected chi connectivity index (χ3v) is 2.94. The Kier molecular flexibility index (Phi) is 5.25. The summed E-state index contributed by atoms with van der Waals surface area (Å²) < 4.78 is 0. The van der Waals surface area contributed by atoms with Gasteiger partial charge in [-0.1, -0.05) is 26.8 Å². The van der Waals surface area contributed by atoms with Crippen molar-refractivity contribution in [2.45, 2.75) is 34.1 Å². The van der Waals surface area contributed by atoms with E-state index in [0.29, 0.717) is 12.1 Å². The number of carbonyl (C=O) groups is 2. The van der Waals surface area contributed by atoms with Crippen molar-refractivity contribution in [1.29, 1.82) is 0 Å². The second-order valence-electron chi connectivity index (χ2n) is 6.18. The molecule has 0 spiro atoms. The highest BCUT2D eigenvalue weighted by Gasteiger charge is 2.25. The summed E-state index contributed by atoms with van der Waals surface area (Å²) in [7, 11) is 0. The fourth-order valence-electron chi connectivity index (χ4n) is 2.01. The predicted octanol–water partition coefficient (Wildman–Crippen LogP) is 2.26. The molecule has 0 saturated heterocycles. The lowest BCUT2D eigenvalue weighted by Gasteiger charge is -2.23. The van der Waals surface area contributed by atoms with E-state index < -0.39 is 11.9 Å². The zero-order valence-corrected chi connectivity index (χ0v) is 12.4. The van der Waals surface area contributed by atoms with Crippen LogP contribution < -0.4 is 5.32 Å². The molecule has 1 heterocycles. The lowest BCUT2D eigenvalue weighted by atomic mass is 9.84. The van der Waals surface area contributed by atoms with Crippen molar-refractivity contribution in [1.82, 2.24) is 10.3 Å². The number of aromatic nitrogens is 1. The zero-order valence-electron chi connectivity index (χ0n) is 12.4. The first-order valence-corrected chi connectivity index (χ1v) is 6.63. The molecule has 110 valence electrons. The predicted molar refractivity (Wildman–Crippen MR) is 76.5 cm³/mol. The summed E-state index contributed by atoms with van der Waals surface area (Å²) in [5.41, 5.74) is 1.01. The molecule has 1 aromatic heterocycles. The van der Waals surface area contributed by atoms with Gasteiger partial charge < -0.3 is 10.4 Å². The van der Waals surface area contributed by atoms with Crippen LogP contribution in [0.4, 0.5) is 0 Å². The van der Waals surface area contributed by atoms with Gasteiger partial charge in [-0.2, -0.15) is 0 Å². The van der Waals surface area contributed by atoms with E-state index in [2.05, 4.69) is 10.3 Å². The van der Waals surface area contributed by atoms with E-state index in [1.54, 1.807) is 25.3 Å². The molecule has 1 rings (SSSR count). The molecule has 2 N–H and O–H groups in total. The number of hydrogen-bond donors (Lipinski definition) is 2. The number of amides is 1. The van der Waals surface area contributed by atoms with Crippen molar-refractivity contribution in [3.63, 3.8) is 0 Å². The van der Waals surface area contributed by atoms with Crippen molar-refractivity contribution >= 4 is 11.9 Å². The molecule has 1 amide bonds. The first kappa shape index (κ1) is 16.1. The number of aliphatic carboxylic acids is 1. The molecule has 5 nitrogen and oxygen atoms in total. The molecule has 0 radical (unpaired) electrons. The Labute approximate surface area is 119 Å². The Morgan fingerprint density at radius 1 is 1.40 bits per heavy atom. The van der Waals surface area contributed by atoms with E-state index in [-0.39, 0.29) is 17.9 Å². The average Bonchev–Trinajstić information content (AvgIpc) is 2.33. The van der Waals surface area contributed by atoms with Crippen LogP contribution in [0, 0.1) is 18.3 Å². The van der Waals surface area contributed by atoms with Crippen LogP contribution in [0.2, 0.25) is 0 Å². The second-order valence-corrected chi connectivity index (χ2v) is 6.18. The Balaban J connectivity index is 2.67. The number of nitrogens with one attached hydrogen (secondary N) is 1. The Hall–Kier alpha value is -1.91. The van der Waals surface area contributed by atoms with E-state index in [4.69, 9.17) is 0 Å². The summed E-state index contributed by atoms with van der Waals surface area (Å²) in [5.74, 6) is -1.82. The van der Waals surface area contributed by atoms with Crippen LogP contribution in [0.3, 0.4) is 0 Å². The van der Waals surface area contributed by atoms with Gasteiger partial charge in [0.15, 0.2) is 0 Å². The first-order chi connectivity index (χ1) is 9.20. The minimum atomic E-state index is -0.891. The summed E-state index contributed by atoms with van der Waals surface area (Å²) in [4.78, 5) is 27.2. The minimum absolute atomic E-state index is 0.102. The summed E-state index contributed by atoms with van der Waals surface area (Å²) in [6.45, 7) is 7.85. The molecular weight excluding hydrogens is 256 g/mol. The molecule has 1 atom stereocenters. The third kappa shape index (κ3) is 4.99. The van der Waals surface area contributed by atoms with Crippen molar-refractivity contribution in [3.05, 3.63) is 29.6 Å². The van der Waals surface area contributed by atoms with E-state index in [0.717, 1.165) is 5.56 Å². The van der Waals surface area contributed by atoms with Gasteiger partial charge in [-0.3, -0.25) is 14.6 Å². The highest BCUT2D eigenvalue weighted by atomic mass is 16.4. The van der Waals surface area contributed by atoms with E-state index in [9.17, 15) is 14.7 Å². The van der Waals surface area contributed by atoms with Crippen molar-refractivity contribution in [3.8, 4) is 0 Å². The maximum Gasteiger partial charge on any atom is 0.308 e. The number of rotatable bonds is 5. The van der Waals surface area contributed by atoms with E-state index in [1.165, 1.54) is 0 Å². The molecule has 0 aliphatic carbocycles. The molecule has 0 bridgehead atoms. The Morgan fingerprint density at radius 3 is 2.55 bits per heavy atom. The maximum atomic E-state index is 12.0. The van der Waals surface area contributed by atoms with Gasteiger partial charge in [0.2, 0.25) is 0 Å². The number of pyridine rings is 1. The monoisotopic (exact) mass is 278 g/mol. The number of carboxylic acid groups (broad SMARTS) is 1. The molecule has 0 aromatic carbocycles. The molecule has 20 heavy (non-hydrogen) atoms. The van der Waals surface area contributed by atoms with E-state index in [1.807, 2.05) is 20.8 Å². The van der Waals surface area contributed by atoms with Crippen LogP contribution in [0.1, 0.15) is 43.2 Å². The topological polar surface area (TPSA) is 79.3 Å². The maximum absolute atomic E-state index is 12.0. The zero-order chi connectivity index (χ0) is 15.3. The van der Waals surface area contributed by atoms with Crippen LogP contribution in [-0.4, -0.2) is 28.5 Å². The van der Waals surface area contributed by atoms with Gasteiger partial charge >= 0.3 is 5.97 Å². The molecule has 5 heteroatoms. The van der Waals surface area contributed by atoms with Gasteiger partial charge in [-0.15, -0.1) is 0 Å². The van der Waals surface area contributed by atoms with Gasteiger partial charge in [0.25, 0.3) is 5.91 Å². The van der Waals surface area contributed by atoms with Gasteiger partial charge in [-0.25, -0.2) is 0 Å². The highest BCUT2D eigenvalue weighted by molar-refractivity contribution is 5.93. The van der Waals surface area contributed by atoms with E-state index >= 15 is 0 Å². The van der Waals surface area contributed by atoms with Crippen molar-refractivity contribution < 1.29 is 14.7 Å². The molecule has 1 aromatic rings. The molecule has 0 fully saturated rings. The van der Waals surface area contributed by atoms with Crippen LogP contribution in [0.5, 0.6) is 0 Å². The smallest absolute Gasteiger partial charge is 0.308 e. The molecule has 0 aliphatic rings. The highest BCUT2D eigenvalue weighted by Crippen LogP contribution is 2.24. The second kappa shape index (κ2) is 6.50. The summed E-state index contributed by atoms with van der Waals surface area (Å²) in [6.07, 6.45) is 2.05. The van der Waals surface area contributed by atoms with Gasteiger partial charge in [0.1, 0.15) is 5.69 Å². The Bertz CT molecular complexity index is 492. The lowest BCUT2D eigenvalue weighted by molar-refractivity contribution is -0.142. The number of carboxylic acids is 1. The van der Waals surface area contributed by atoms with Crippen molar-refractivity contribution in [2.24, 2.45) is 11.3 Å². The average molecular weight is 278 g/mol. The summed E-state index contributed by atoms with van der Waals surface area (Å²) in [5, 5.41) is 11.9. The number of nitrogens with zero attached hydrogens (tertiary/aromatic N) is 1. The van der Waals surface area contributed by atoms with Gasteiger partial charge in [-0.05, 0) is 30.4 Å². The largest absolute Gasteiger partial charge is 0.481 e. The lowest BCUT2D eigenvalue weighted by Crippen LogP contribution is -2.35. The number of carbonyl (C=O) groups excluding carboxylic acids is 1. The van der Waals surface area contributed by atoms with Crippen LogP contribution in [0.25, 0.3) is 0 Å². The van der Waals surface area contributed by atoms with Gasteiger partial charge in [0.05, 0.1) is 5.92 Å². The van der Waals surface area contributed by atoms with Crippen LogP contribution >= 0.6 is 0 Å². The number of aryl methyl sites for hydroxylation is 1. The molecule has 1 unspecified atom stereocenters. The minimum Gasteiger partial charge on any atom is -0.481 e. The van der Waals surface area contributed by atoms with Gasteiger partial charge in [0, 0.05) is 12.7 Å². The normalized spacial score (nSPS) is 12.8. The van der Waals surface area contributed by atoms with Crippen LogP contribution in [0.15, 0.2) is 18.3 Å². The molecule has 0 saturated carbocycles. The fourth-order valence-corrected chi connectivity index (χ4v) is 2.01. The van der Waals surface area contributed by atoms with Crippen molar-refractivity contribution in [2.75, 3.05) is 6.54 Å². The standard InChI is InChI=1S/C15H22N2O3/c1-10-6-5-7-16-12(10)13(18)17-9-11(14(19)20)8-15(2,3)4/h5-7,11H,8-9H2,1-4H3,(H,17,18)(H,19,20). The summed E-state index contributed by atoms with van der Waals surface area (Å²) >= 11 is 0. The SMILES string of the molecule is Cc1cccnc1C(=O)NCC(CC(C)(C)C)C(=O)O. The van der Waals surface area contributed by atoms with Crippen LogP contribution in [-0.2, 0) is 4.79 Å². The first-order valence-electron chi connectivity index (χ1n) is 6.63. The quantitative estimate of drug-likeness (QED) is 0.865. The molecule has 0 aliphatic heterocycles.